The van der Waals surface area contributed by atoms with Crippen LogP contribution in [0.4, 0.5) is 0 Å². The van der Waals surface area contributed by atoms with Crippen molar-refractivity contribution in [2.24, 2.45) is 0 Å². The van der Waals surface area contributed by atoms with Crippen LogP contribution in [0, 0.1) is 0 Å². The molecule has 1 aromatic heterocycles. The van der Waals surface area contributed by atoms with Crippen molar-refractivity contribution < 1.29 is 9.53 Å². The number of alkyl halides is 1. The highest BCUT2D eigenvalue weighted by molar-refractivity contribution is 6.26. The van der Waals surface area contributed by atoms with Gasteiger partial charge in [0.05, 0.1) is 0 Å². The topological polar surface area (TPSA) is 39.2 Å². The number of nitrogens with zero attached hydrogens (tertiary/aromatic N) is 1. The molecule has 0 amide bonds. The van der Waals surface area contributed by atoms with Crippen LogP contribution >= 0.6 is 11.6 Å². The fourth-order valence-electron chi connectivity index (χ4n) is 0.551. The number of pyridine rings is 1. The lowest BCUT2D eigenvalue weighted by molar-refractivity contribution is -0.131. The molecule has 0 aromatic carbocycles. The van der Waals surface area contributed by atoms with Gasteiger partial charge in [-0.25, -0.2) is 4.98 Å². The molecule has 1 heterocycles. The van der Waals surface area contributed by atoms with Crippen molar-refractivity contribution in [3.63, 3.8) is 0 Å². The van der Waals surface area contributed by atoms with Crippen LogP contribution in [-0.4, -0.2) is 16.8 Å². The summed E-state index contributed by atoms with van der Waals surface area (Å²) in [4.78, 5) is 14.4. The molecule has 58 valence electrons. The predicted octanol–water partition coefficient (Wildman–Crippen LogP) is 1.23. The molecule has 0 atom stereocenters. The number of halogens is 1. The Balaban J connectivity index is 2.58. The molecule has 11 heavy (non-hydrogen) atoms. The van der Waals surface area contributed by atoms with Gasteiger partial charge >= 0.3 is 5.97 Å². The second kappa shape index (κ2) is 3.93. The van der Waals surface area contributed by atoms with Gasteiger partial charge in [-0.15, -0.1) is 11.6 Å². The van der Waals surface area contributed by atoms with Crippen LogP contribution in [0.1, 0.15) is 0 Å². The zero-order chi connectivity index (χ0) is 8.10. The molecule has 0 fully saturated rings. The second-order valence-electron chi connectivity index (χ2n) is 1.78. The van der Waals surface area contributed by atoms with Crippen LogP contribution in [0.25, 0.3) is 0 Å². The van der Waals surface area contributed by atoms with Crippen molar-refractivity contribution >= 4 is 17.6 Å². The molecule has 0 radical (unpaired) electrons. The molecule has 0 aliphatic rings. The van der Waals surface area contributed by atoms with E-state index in [0.717, 1.165) is 0 Å². The van der Waals surface area contributed by atoms with Gasteiger partial charge in [0.2, 0.25) is 5.88 Å². The highest BCUT2D eigenvalue weighted by atomic mass is 35.5. The van der Waals surface area contributed by atoms with E-state index in [1.165, 1.54) is 6.20 Å². The number of carbonyl (C=O) groups is 1. The van der Waals surface area contributed by atoms with Crippen LogP contribution < -0.4 is 4.74 Å². The molecule has 0 saturated heterocycles. The first-order valence-electron chi connectivity index (χ1n) is 3.00. The molecule has 0 unspecified atom stereocenters. The monoisotopic (exact) mass is 171 g/mol. The summed E-state index contributed by atoms with van der Waals surface area (Å²) >= 11 is 5.20. The minimum atomic E-state index is -0.495. The lowest BCUT2D eigenvalue weighted by Crippen LogP contribution is -2.09. The summed E-state index contributed by atoms with van der Waals surface area (Å²) in [5, 5.41) is 0. The Morgan fingerprint density at radius 1 is 1.64 bits per heavy atom. The van der Waals surface area contributed by atoms with E-state index in [4.69, 9.17) is 11.6 Å². The lowest BCUT2D eigenvalue weighted by atomic mass is 10.5. The summed E-state index contributed by atoms with van der Waals surface area (Å²) in [6.45, 7) is 0. The highest BCUT2D eigenvalue weighted by Crippen LogP contribution is 2.03. The fourth-order valence-corrected chi connectivity index (χ4v) is 0.606. The highest BCUT2D eigenvalue weighted by Gasteiger charge is 2.00. The molecule has 0 aliphatic heterocycles. The predicted molar refractivity (Wildman–Crippen MR) is 40.6 cm³/mol. The summed E-state index contributed by atoms with van der Waals surface area (Å²) in [6.07, 6.45) is 1.54. The zero-order valence-electron chi connectivity index (χ0n) is 5.66. The summed E-state index contributed by atoms with van der Waals surface area (Å²) in [5.41, 5.74) is 0. The number of hydrogen-bond acceptors (Lipinski definition) is 3. The van der Waals surface area contributed by atoms with Gasteiger partial charge in [0.15, 0.2) is 0 Å². The Kier molecular flexibility index (Phi) is 2.86. The minimum Gasteiger partial charge on any atom is -0.407 e. The number of carbonyl (C=O) groups excluding carboxylic acids is 1. The molecule has 0 aliphatic carbocycles. The molecule has 1 rings (SSSR count). The molecule has 3 nitrogen and oxygen atoms in total. The first-order chi connectivity index (χ1) is 5.33. The van der Waals surface area contributed by atoms with Gasteiger partial charge in [-0.1, -0.05) is 6.07 Å². The fraction of sp³-hybridized carbons (Fsp3) is 0.143. The van der Waals surface area contributed by atoms with E-state index in [1.807, 2.05) is 0 Å². The van der Waals surface area contributed by atoms with Crippen LogP contribution in [-0.2, 0) is 4.79 Å². The van der Waals surface area contributed by atoms with Crippen molar-refractivity contribution in [3.8, 4) is 5.88 Å². The van der Waals surface area contributed by atoms with Crippen molar-refractivity contribution in [3.05, 3.63) is 24.4 Å². The third-order valence-corrected chi connectivity index (χ3v) is 1.18. The minimum absolute atomic E-state index is 0.156. The van der Waals surface area contributed by atoms with E-state index in [9.17, 15) is 4.79 Å². The van der Waals surface area contributed by atoms with E-state index >= 15 is 0 Å². The molecule has 0 N–H and O–H groups in total. The van der Waals surface area contributed by atoms with E-state index in [-0.39, 0.29) is 11.8 Å². The number of aromatic nitrogens is 1. The van der Waals surface area contributed by atoms with E-state index in [2.05, 4.69) is 9.72 Å². The smallest absolute Gasteiger partial charge is 0.327 e. The quantitative estimate of drug-likeness (QED) is 0.496. The first-order valence-corrected chi connectivity index (χ1v) is 3.54. The number of ether oxygens (including phenoxy) is 1. The van der Waals surface area contributed by atoms with Crippen LogP contribution in [0.3, 0.4) is 0 Å². The molecular formula is C7H6ClNO2. The van der Waals surface area contributed by atoms with Gasteiger partial charge in [0, 0.05) is 12.3 Å². The van der Waals surface area contributed by atoms with Gasteiger partial charge in [-0.05, 0) is 6.07 Å². The van der Waals surface area contributed by atoms with Gasteiger partial charge in [0.25, 0.3) is 0 Å². The van der Waals surface area contributed by atoms with Crippen molar-refractivity contribution in [2.45, 2.75) is 0 Å². The Morgan fingerprint density at radius 3 is 3.00 bits per heavy atom. The molecule has 4 heteroatoms. The van der Waals surface area contributed by atoms with Crippen molar-refractivity contribution in [2.75, 3.05) is 5.88 Å². The second-order valence-corrected chi connectivity index (χ2v) is 2.04. The van der Waals surface area contributed by atoms with Crippen LogP contribution in [0.15, 0.2) is 24.4 Å². The van der Waals surface area contributed by atoms with E-state index < -0.39 is 5.97 Å². The van der Waals surface area contributed by atoms with Gasteiger partial charge in [-0.3, -0.25) is 4.79 Å². The maximum atomic E-state index is 10.6. The van der Waals surface area contributed by atoms with E-state index in [1.54, 1.807) is 18.2 Å². The average molecular weight is 172 g/mol. The van der Waals surface area contributed by atoms with Crippen molar-refractivity contribution in [1.82, 2.24) is 4.98 Å². The third-order valence-electron chi connectivity index (χ3n) is 0.965. The van der Waals surface area contributed by atoms with Gasteiger partial charge < -0.3 is 4.74 Å². The van der Waals surface area contributed by atoms with Crippen LogP contribution in [0.2, 0.25) is 0 Å². The zero-order valence-corrected chi connectivity index (χ0v) is 6.41. The molecule has 0 saturated carbocycles. The largest absolute Gasteiger partial charge is 0.407 e. The number of hydrogen-bond donors (Lipinski definition) is 0. The molecular weight excluding hydrogens is 166 g/mol. The average Bonchev–Trinajstić information content (AvgIpc) is 2.06. The summed E-state index contributed by atoms with van der Waals surface area (Å²) < 4.78 is 4.68. The van der Waals surface area contributed by atoms with E-state index in [0.29, 0.717) is 0 Å². The SMILES string of the molecule is O=C(CCl)Oc1ccccn1. The standard InChI is InChI=1S/C7H6ClNO2/c8-5-7(10)11-6-3-1-2-4-9-6/h1-4H,5H2. The number of rotatable bonds is 2. The first kappa shape index (κ1) is 8.01. The summed E-state index contributed by atoms with van der Waals surface area (Å²) in [6, 6.07) is 5.05. The Labute approximate surface area is 69.0 Å². The maximum Gasteiger partial charge on any atom is 0.327 e. The molecule has 0 spiro atoms. The Bertz CT molecular complexity index is 237. The lowest BCUT2D eigenvalue weighted by Gasteiger charge is -1.97. The summed E-state index contributed by atoms with van der Waals surface area (Å²) in [7, 11) is 0. The normalized spacial score (nSPS) is 9.18. The third kappa shape index (κ3) is 2.55. The van der Waals surface area contributed by atoms with Gasteiger partial charge in [-0.2, -0.15) is 0 Å². The number of esters is 1. The molecule has 0 bridgehead atoms. The Morgan fingerprint density at radius 2 is 2.45 bits per heavy atom. The van der Waals surface area contributed by atoms with Crippen molar-refractivity contribution in [1.29, 1.82) is 0 Å². The summed E-state index contributed by atoms with van der Waals surface area (Å²) in [5.74, 6) is -0.375. The Hall–Kier alpha value is -1.09. The maximum absolute atomic E-state index is 10.6. The van der Waals surface area contributed by atoms with Gasteiger partial charge in [0.1, 0.15) is 5.88 Å². The molecule has 1 aromatic rings. The van der Waals surface area contributed by atoms with Crippen LogP contribution in [0.5, 0.6) is 5.88 Å².